The Morgan fingerprint density at radius 2 is 2.06 bits per heavy atom. The summed E-state index contributed by atoms with van der Waals surface area (Å²) in [6, 6.07) is -0.643. The Kier molecular flexibility index (Phi) is 6.28. The van der Waals surface area contributed by atoms with Crippen LogP contribution in [-0.2, 0) is 22.4 Å². The van der Waals surface area contributed by atoms with Crippen LogP contribution in [0.25, 0.3) is 0 Å². The van der Waals surface area contributed by atoms with Gasteiger partial charge in [-0.3, -0.25) is 4.79 Å². The molecular weight excluding hydrogens is 230 g/mol. The maximum atomic E-state index is 11.4. The Morgan fingerprint density at radius 3 is 2.61 bits per heavy atom. The number of hydrogen-bond acceptors (Lipinski definition) is 5. The summed E-state index contributed by atoms with van der Waals surface area (Å²) in [5.41, 5.74) is 6.58. The van der Waals surface area contributed by atoms with Crippen molar-refractivity contribution in [1.82, 2.24) is 9.97 Å². The first-order valence-electron chi connectivity index (χ1n) is 6.39. The van der Waals surface area contributed by atoms with Crippen molar-refractivity contribution in [2.45, 2.75) is 45.6 Å². The minimum atomic E-state index is -0.643. The molecule has 1 aromatic rings. The lowest BCUT2D eigenvalue weighted by atomic mass is 10.1. The fourth-order valence-corrected chi connectivity index (χ4v) is 1.54. The van der Waals surface area contributed by atoms with Gasteiger partial charge in [0, 0.05) is 25.2 Å². The van der Waals surface area contributed by atoms with E-state index in [1.165, 1.54) is 0 Å². The van der Waals surface area contributed by atoms with Crippen LogP contribution in [0, 0.1) is 0 Å². The molecule has 0 spiro atoms. The fourth-order valence-electron chi connectivity index (χ4n) is 1.54. The Bertz CT molecular complexity index is 365. The van der Waals surface area contributed by atoms with Crippen molar-refractivity contribution in [3.05, 3.63) is 23.8 Å². The highest BCUT2D eigenvalue weighted by molar-refractivity contribution is 5.75. The number of unbranched alkanes of at least 4 members (excludes halogenated alkanes) is 1. The predicted octanol–water partition coefficient (Wildman–Crippen LogP) is 1.25. The number of nitrogens with zero attached hydrogens (tertiary/aromatic N) is 2. The van der Waals surface area contributed by atoms with E-state index in [0.29, 0.717) is 13.0 Å². The highest BCUT2D eigenvalue weighted by Crippen LogP contribution is 2.03. The summed E-state index contributed by atoms with van der Waals surface area (Å²) >= 11 is 0. The summed E-state index contributed by atoms with van der Waals surface area (Å²) in [5, 5.41) is 0. The first kappa shape index (κ1) is 14.6. The van der Waals surface area contributed by atoms with Crippen LogP contribution in [0.3, 0.4) is 0 Å². The SMILES string of the molecule is CCCCc1ncc(CC(N)C(=O)OCC)cn1. The van der Waals surface area contributed by atoms with Gasteiger partial charge in [-0.15, -0.1) is 0 Å². The molecule has 0 bridgehead atoms. The van der Waals surface area contributed by atoms with Crippen molar-refractivity contribution < 1.29 is 9.53 Å². The maximum absolute atomic E-state index is 11.4. The van der Waals surface area contributed by atoms with Crippen LogP contribution in [-0.4, -0.2) is 28.6 Å². The van der Waals surface area contributed by atoms with E-state index in [1.807, 2.05) is 0 Å². The number of rotatable bonds is 7. The van der Waals surface area contributed by atoms with Crippen molar-refractivity contribution in [3.63, 3.8) is 0 Å². The number of nitrogens with two attached hydrogens (primary N) is 1. The molecule has 5 nitrogen and oxygen atoms in total. The van der Waals surface area contributed by atoms with Gasteiger partial charge in [0.15, 0.2) is 0 Å². The van der Waals surface area contributed by atoms with E-state index in [0.717, 1.165) is 30.7 Å². The number of carbonyl (C=O) groups excluding carboxylic acids is 1. The zero-order valence-electron chi connectivity index (χ0n) is 11.1. The van der Waals surface area contributed by atoms with Crippen molar-refractivity contribution in [2.24, 2.45) is 5.73 Å². The molecule has 18 heavy (non-hydrogen) atoms. The minimum Gasteiger partial charge on any atom is -0.465 e. The van der Waals surface area contributed by atoms with Gasteiger partial charge in [-0.1, -0.05) is 13.3 Å². The molecule has 0 radical (unpaired) electrons. The second-order valence-corrected chi connectivity index (χ2v) is 4.17. The van der Waals surface area contributed by atoms with Crippen LogP contribution in [0.1, 0.15) is 38.1 Å². The van der Waals surface area contributed by atoms with E-state index < -0.39 is 6.04 Å². The third kappa shape index (κ3) is 4.79. The van der Waals surface area contributed by atoms with Crippen LogP contribution in [0.5, 0.6) is 0 Å². The zero-order valence-corrected chi connectivity index (χ0v) is 11.1. The Labute approximate surface area is 108 Å². The van der Waals surface area contributed by atoms with E-state index in [1.54, 1.807) is 19.3 Å². The summed E-state index contributed by atoms with van der Waals surface area (Å²) in [7, 11) is 0. The number of carbonyl (C=O) groups is 1. The van der Waals surface area contributed by atoms with Gasteiger partial charge in [0.1, 0.15) is 11.9 Å². The van der Waals surface area contributed by atoms with Crippen molar-refractivity contribution in [1.29, 1.82) is 0 Å². The molecule has 5 heteroatoms. The molecule has 0 aliphatic heterocycles. The Hall–Kier alpha value is -1.49. The topological polar surface area (TPSA) is 78.1 Å². The lowest BCUT2D eigenvalue weighted by molar-refractivity contribution is -0.144. The normalized spacial score (nSPS) is 12.2. The summed E-state index contributed by atoms with van der Waals surface area (Å²) in [4.78, 5) is 19.9. The molecule has 1 aromatic heterocycles. The number of aryl methyl sites for hydroxylation is 1. The van der Waals surface area contributed by atoms with Gasteiger partial charge in [-0.2, -0.15) is 0 Å². The largest absolute Gasteiger partial charge is 0.465 e. The number of esters is 1. The van der Waals surface area contributed by atoms with E-state index >= 15 is 0 Å². The molecule has 1 unspecified atom stereocenters. The summed E-state index contributed by atoms with van der Waals surface area (Å²) < 4.78 is 4.85. The van der Waals surface area contributed by atoms with Crippen LogP contribution in [0.15, 0.2) is 12.4 Å². The third-order valence-electron chi connectivity index (χ3n) is 2.56. The van der Waals surface area contributed by atoms with Crippen molar-refractivity contribution in [2.75, 3.05) is 6.61 Å². The molecule has 0 fully saturated rings. The molecule has 0 saturated carbocycles. The quantitative estimate of drug-likeness (QED) is 0.738. The highest BCUT2D eigenvalue weighted by atomic mass is 16.5. The number of hydrogen-bond donors (Lipinski definition) is 1. The monoisotopic (exact) mass is 251 g/mol. The first-order valence-corrected chi connectivity index (χ1v) is 6.39. The molecule has 0 saturated heterocycles. The van der Waals surface area contributed by atoms with Gasteiger partial charge in [-0.05, 0) is 18.9 Å². The van der Waals surface area contributed by atoms with Crippen molar-refractivity contribution in [3.8, 4) is 0 Å². The molecular formula is C13H21N3O2. The standard InChI is InChI=1S/C13H21N3O2/c1-3-5-6-12-15-8-10(9-16-12)7-11(14)13(17)18-4-2/h8-9,11H,3-7,14H2,1-2H3. The van der Waals surface area contributed by atoms with E-state index in [4.69, 9.17) is 10.5 Å². The minimum absolute atomic E-state index is 0.346. The highest BCUT2D eigenvalue weighted by Gasteiger charge is 2.15. The number of aromatic nitrogens is 2. The van der Waals surface area contributed by atoms with E-state index in [2.05, 4.69) is 16.9 Å². The average Bonchev–Trinajstić information content (AvgIpc) is 2.38. The van der Waals surface area contributed by atoms with Gasteiger partial charge in [0.2, 0.25) is 0 Å². The van der Waals surface area contributed by atoms with Gasteiger partial charge in [0.05, 0.1) is 6.61 Å². The molecule has 0 aliphatic rings. The second kappa shape index (κ2) is 7.76. The Balaban J connectivity index is 2.50. The van der Waals surface area contributed by atoms with Crippen LogP contribution < -0.4 is 5.73 Å². The molecule has 2 N–H and O–H groups in total. The average molecular weight is 251 g/mol. The third-order valence-corrected chi connectivity index (χ3v) is 2.56. The fraction of sp³-hybridized carbons (Fsp3) is 0.615. The van der Waals surface area contributed by atoms with Gasteiger partial charge < -0.3 is 10.5 Å². The van der Waals surface area contributed by atoms with Crippen LogP contribution >= 0.6 is 0 Å². The Morgan fingerprint density at radius 1 is 1.39 bits per heavy atom. The summed E-state index contributed by atoms with van der Waals surface area (Å²) in [5.74, 6) is 0.456. The second-order valence-electron chi connectivity index (χ2n) is 4.17. The zero-order chi connectivity index (χ0) is 13.4. The smallest absolute Gasteiger partial charge is 0.323 e. The molecule has 0 aliphatic carbocycles. The molecule has 0 aromatic carbocycles. The number of ether oxygens (including phenoxy) is 1. The maximum Gasteiger partial charge on any atom is 0.323 e. The molecule has 1 rings (SSSR count). The van der Waals surface area contributed by atoms with Gasteiger partial charge in [-0.25, -0.2) is 9.97 Å². The van der Waals surface area contributed by atoms with Gasteiger partial charge in [0.25, 0.3) is 0 Å². The molecule has 100 valence electrons. The molecule has 1 atom stereocenters. The van der Waals surface area contributed by atoms with Crippen LogP contribution in [0.2, 0.25) is 0 Å². The lowest BCUT2D eigenvalue weighted by Crippen LogP contribution is -2.34. The van der Waals surface area contributed by atoms with E-state index in [-0.39, 0.29) is 5.97 Å². The lowest BCUT2D eigenvalue weighted by Gasteiger charge is -2.10. The first-order chi connectivity index (χ1) is 8.67. The van der Waals surface area contributed by atoms with Crippen molar-refractivity contribution >= 4 is 5.97 Å². The molecule has 0 amide bonds. The summed E-state index contributed by atoms with van der Waals surface area (Å²) in [6.07, 6.45) is 6.97. The predicted molar refractivity (Wildman–Crippen MR) is 69.0 cm³/mol. The van der Waals surface area contributed by atoms with E-state index in [9.17, 15) is 4.79 Å². The molecule has 1 heterocycles. The summed E-state index contributed by atoms with van der Waals surface area (Å²) in [6.45, 7) is 4.24. The van der Waals surface area contributed by atoms with Gasteiger partial charge >= 0.3 is 5.97 Å². The van der Waals surface area contributed by atoms with Crippen LogP contribution in [0.4, 0.5) is 0 Å².